The van der Waals surface area contributed by atoms with Gasteiger partial charge >= 0.3 is 23.1 Å². The zero-order valence-corrected chi connectivity index (χ0v) is 11.8. The van der Waals surface area contributed by atoms with E-state index < -0.39 is 5.60 Å². The molecule has 1 nitrogen and oxygen atoms in total. The van der Waals surface area contributed by atoms with E-state index in [-0.39, 0.29) is 40.0 Å². The average molecular weight is 259 g/mol. The van der Waals surface area contributed by atoms with Crippen molar-refractivity contribution in [3.05, 3.63) is 0 Å². The minimum absolute atomic E-state index is 0. The van der Waals surface area contributed by atoms with Gasteiger partial charge in [0.25, 0.3) is 0 Å². The van der Waals surface area contributed by atoms with Crippen LogP contribution in [0.5, 0.6) is 0 Å². The first-order valence-electron chi connectivity index (χ1n) is 4.89. The van der Waals surface area contributed by atoms with Gasteiger partial charge in [0.1, 0.15) is 0 Å². The predicted molar refractivity (Wildman–Crippen MR) is 51.0 cm³/mol. The van der Waals surface area contributed by atoms with E-state index in [1.807, 2.05) is 0 Å². The molecule has 0 aliphatic heterocycles. The Labute approximate surface area is 109 Å². The molecule has 0 aromatic heterocycles. The van der Waals surface area contributed by atoms with Crippen LogP contribution in [0.4, 0.5) is 0 Å². The van der Waals surface area contributed by atoms with E-state index in [0.29, 0.717) is 5.92 Å². The van der Waals surface area contributed by atoms with Crippen LogP contribution in [0.1, 0.15) is 52.4 Å². The van der Waals surface area contributed by atoms with Crippen molar-refractivity contribution in [2.45, 2.75) is 58.0 Å². The van der Waals surface area contributed by atoms with Gasteiger partial charge in [-0.05, 0) is 0 Å². The molecule has 0 aromatic carbocycles. The van der Waals surface area contributed by atoms with Crippen LogP contribution < -0.4 is 22.1 Å². The zero-order valence-electron chi connectivity index (χ0n) is 8.81. The van der Waals surface area contributed by atoms with Gasteiger partial charge in [0.15, 0.2) is 0 Å². The van der Waals surface area contributed by atoms with Gasteiger partial charge in [-0.25, -0.2) is 0 Å². The number of hydrogen-bond acceptors (Lipinski definition) is 1. The monoisotopic (exact) mass is 258 g/mol. The van der Waals surface area contributed by atoms with E-state index in [4.69, 9.17) is 0 Å². The van der Waals surface area contributed by atoms with Crippen LogP contribution in [-0.2, 0) is 0 Å². The second-order valence-electron chi connectivity index (χ2n) is 3.93. The molecule has 1 rings (SSSR count). The van der Waals surface area contributed by atoms with Gasteiger partial charge in [0, 0.05) is 0 Å². The molecule has 13 heavy (non-hydrogen) atoms. The third-order valence-electron chi connectivity index (χ3n) is 3.21. The van der Waals surface area contributed by atoms with Crippen molar-refractivity contribution in [1.82, 2.24) is 0 Å². The van der Waals surface area contributed by atoms with Crippen LogP contribution in [-0.4, -0.2) is 28.7 Å². The Morgan fingerprint density at radius 3 is 2.08 bits per heavy atom. The van der Waals surface area contributed by atoms with Crippen LogP contribution in [0.3, 0.4) is 0 Å². The molecule has 0 spiro atoms. The van der Waals surface area contributed by atoms with Gasteiger partial charge in [-0.2, -0.15) is 0 Å². The molecule has 1 aliphatic rings. The Morgan fingerprint density at radius 1 is 1.23 bits per heavy atom. The van der Waals surface area contributed by atoms with Crippen molar-refractivity contribution in [3.63, 3.8) is 0 Å². The fourth-order valence-corrected chi connectivity index (χ4v) is 2.02. The molecule has 0 N–H and O–H groups in total. The topological polar surface area (TPSA) is 23.1 Å². The van der Waals surface area contributed by atoms with Crippen LogP contribution >= 0.6 is 0 Å². The Kier molecular flexibility index (Phi) is 9.58. The predicted octanol–water partition coefficient (Wildman–Crippen LogP) is -1.28. The number of hydrogen-bond donors (Lipinski definition) is 0. The smallest absolute Gasteiger partial charge is 1.00 e. The first kappa shape index (κ1) is 16.6. The molecule has 74 valence electrons. The molecule has 0 bridgehead atoms. The number of halogens is 1. The third kappa shape index (κ3) is 4.50. The fraction of sp³-hybridized carbons (Fsp3) is 1.00. The summed E-state index contributed by atoms with van der Waals surface area (Å²) in [4.78, 5) is 0. The molecular weight excluding hydrogens is 240 g/mol. The molecule has 3 heteroatoms. The first-order chi connectivity index (χ1) is 5.19. The van der Waals surface area contributed by atoms with Gasteiger partial charge in [-0.15, -0.1) is 5.60 Å². The molecule has 1 aliphatic carbocycles. The average Bonchev–Trinajstić information content (AvgIpc) is 2.04. The Hall–Kier alpha value is 1.21. The van der Waals surface area contributed by atoms with Gasteiger partial charge in [-0.1, -0.05) is 58.3 Å². The molecule has 0 amide bonds. The van der Waals surface area contributed by atoms with Crippen molar-refractivity contribution >= 4 is 23.1 Å². The van der Waals surface area contributed by atoms with E-state index in [1.165, 1.54) is 6.42 Å². The van der Waals surface area contributed by atoms with E-state index >= 15 is 0 Å². The molecule has 1 unspecified atom stereocenters. The molecule has 1 atom stereocenters. The largest absolute Gasteiger partial charge is 2.00 e. The quantitative estimate of drug-likeness (QED) is 0.567. The van der Waals surface area contributed by atoms with Gasteiger partial charge in [0.2, 0.25) is 0 Å². The summed E-state index contributed by atoms with van der Waals surface area (Å²) in [6.45, 7) is 4.23. The Morgan fingerprint density at radius 2 is 1.69 bits per heavy atom. The summed E-state index contributed by atoms with van der Waals surface area (Å²) < 4.78 is 0. The van der Waals surface area contributed by atoms with Crippen molar-refractivity contribution in [2.24, 2.45) is 5.92 Å². The standard InChI is InChI=1S/C10H19O.BrH.Mg/c1-3-9(2)10(11)7-5-4-6-8-10;;/h9H,3-8H2,1-2H3;1H;/q-1;;+2/p-1. The molecular formula is C10H19BrMgO. The van der Waals surface area contributed by atoms with E-state index in [0.717, 1.165) is 32.1 Å². The summed E-state index contributed by atoms with van der Waals surface area (Å²) in [6, 6.07) is 0. The summed E-state index contributed by atoms with van der Waals surface area (Å²) in [6.07, 6.45) is 6.48. The molecule has 0 saturated heterocycles. The third-order valence-corrected chi connectivity index (χ3v) is 3.21. The first-order valence-corrected chi connectivity index (χ1v) is 4.89. The van der Waals surface area contributed by atoms with E-state index in [9.17, 15) is 5.11 Å². The molecule has 0 heterocycles. The van der Waals surface area contributed by atoms with Crippen molar-refractivity contribution in [3.8, 4) is 0 Å². The second kappa shape index (κ2) is 7.49. The maximum absolute atomic E-state index is 12.1. The minimum Gasteiger partial charge on any atom is -1.00 e. The van der Waals surface area contributed by atoms with Crippen molar-refractivity contribution in [1.29, 1.82) is 0 Å². The fourth-order valence-electron chi connectivity index (χ4n) is 2.02. The molecule has 0 radical (unpaired) electrons. The molecule has 1 saturated carbocycles. The Balaban J connectivity index is 0. The van der Waals surface area contributed by atoms with Crippen LogP contribution in [0.15, 0.2) is 0 Å². The summed E-state index contributed by atoms with van der Waals surface area (Å²) >= 11 is 0. The van der Waals surface area contributed by atoms with Crippen molar-refractivity contribution < 1.29 is 22.1 Å². The SMILES string of the molecule is CCC(C)C1([O-])CCCCC1.[Br-].[Mg+2]. The van der Waals surface area contributed by atoms with Gasteiger partial charge < -0.3 is 22.1 Å². The Bertz CT molecular complexity index is 124. The van der Waals surface area contributed by atoms with Gasteiger partial charge in [-0.3, -0.25) is 0 Å². The zero-order chi connectivity index (χ0) is 8.32. The molecule has 0 aromatic rings. The summed E-state index contributed by atoms with van der Waals surface area (Å²) in [7, 11) is 0. The normalized spacial score (nSPS) is 22.4. The number of rotatable bonds is 2. The van der Waals surface area contributed by atoms with Crippen LogP contribution in [0.2, 0.25) is 0 Å². The van der Waals surface area contributed by atoms with Crippen LogP contribution in [0, 0.1) is 5.92 Å². The van der Waals surface area contributed by atoms with Gasteiger partial charge in [0.05, 0.1) is 0 Å². The maximum atomic E-state index is 12.1. The van der Waals surface area contributed by atoms with Crippen LogP contribution in [0.25, 0.3) is 0 Å². The summed E-state index contributed by atoms with van der Waals surface area (Å²) in [5, 5.41) is 12.1. The molecule has 1 fully saturated rings. The van der Waals surface area contributed by atoms with E-state index in [1.54, 1.807) is 0 Å². The van der Waals surface area contributed by atoms with Crippen molar-refractivity contribution in [2.75, 3.05) is 0 Å². The second-order valence-corrected chi connectivity index (χ2v) is 3.93. The summed E-state index contributed by atoms with van der Waals surface area (Å²) in [5.74, 6) is 0.378. The maximum Gasteiger partial charge on any atom is 2.00 e. The summed E-state index contributed by atoms with van der Waals surface area (Å²) in [5.41, 5.74) is -0.562. The van der Waals surface area contributed by atoms with E-state index in [2.05, 4.69) is 13.8 Å². The minimum atomic E-state index is -0.562.